The van der Waals surface area contributed by atoms with Crippen LogP contribution in [0.3, 0.4) is 0 Å². The van der Waals surface area contributed by atoms with E-state index in [2.05, 4.69) is 4.98 Å². The molecule has 1 unspecified atom stereocenters. The van der Waals surface area contributed by atoms with Crippen LogP contribution in [0.4, 0.5) is 11.5 Å². The fourth-order valence-electron chi connectivity index (χ4n) is 2.13. The van der Waals surface area contributed by atoms with Gasteiger partial charge in [0.2, 0.25) is 0 Å². The van der Waals surface area contributed by atoms with Crippen molar-refractivity contribution in [2.24, 2.45) is 0 Å². The first kappa shape index (κ1) is 18.4. The van der Waals surface area contributed by atoms with E-state index >= 15 is 0 Å². The van der Waals surface area contributed by atoms with Crippen molar-refractivity contribution in [1.82, 2.24) is 4.98 Å². The number of carbonyl (C=O) groups is 1. The van der Waals surface area contributed by atoms with Gasteiger partial charge in [-0.2, -0.15) is 0 Å². The van der Waals surface area contributed by atoms with Gasteiger partial charge in [0.1, 0.15) is 5.82 Å². The second kappa shape index (κ2) is 8.23. The smallest absolute Gasteiger partial charge is 0.311 e. The molecule has 0 spiro atoms. The first-order chi connectivity index (χ1) is 11.4. The number of halogens is 1. The van der Waals surface area contributed by atoms with Crippen molar-refractivity contribution in [3.8, 4) is 0 Å². The Balaban J connectivity index is 2.40. The van der Waals surface area contributed by atoms with Crippen molar-refractivity contribution in [3.63, 3.8) is 0 Å². The summed E-state index contributed by atoms with van der Waals surface area (Å²) in [6.45, 7) is 3.71. The molecule has 0 amide bonds. The molecule has 0 aliphatic carbocycles. The van der Waals surface area contributed by atoms with Crippen molar-refractivity contribution in [3.05, 3.63) is 52.7 Å². The van der Waals surface area contributed by atoms with Gasteiger partial charge in [-0.1, -0.05) is 23.7 Å². The fraction of sp³-hybridized carbons (Fsp3) is 0.250. The van der Waals surface area contributed by atoms with E-state index in [1.54, 1.807) is 50.2 Å². The largest absolute Gasteiger partial charge is 0.755 e. The Morgan fingerprint density at radius 3 is 2.71 bits per heavy atom. The maximum atomic E-state index is 11.8. The maximum absolute atomic E-state index is 11.8. The molecule has 1 heterocycles. The van der Waals surface area contributed by atoms with E-state index in [-0.39, 0.29) is 18.8 Å². The Labute approximate surface area is 147 Å². The number of anilines is 2. The Kier molecular flexibility index (Phi) is 6.30. The summed E-state index contributed by atoms with van der Waals surface area (Å²) in [6.07, 6.45) is -0.0322. The summed E-state index contributed by atoms with van der Waals surface area (Å²) in [7, 11) is 0. The zero-order valence-corrected chi connectivity index (χ0v) is 14.8. The number of hydrogen-bond donors (Lipinski definition) is 0. The minimum atomic E-state index is -2.60. The van der Waals surface area contributed by atoms with Gasteiger partial charge in [-0.15, -0.1) is 0 Å². The fourth-order valence-corrected chi connectivity index (χ4v) is 2.92. The molecule has 6 nitrogen and oxygen atoms in total. The summed E-state index contributed by atoms with van der Waals surface area (Å²) in [4.78, 5) is 15.8. The molecule has 0 N–H and O–H groups in total. The third-order valence-corrected chi connectivity index (χ3v) is 4.33. The second-order valence-electron chi connectivity index (χ2n) is 4.86. The van der Waals surface area contributed by atoms with E-state index in [1.807, 2.05) is 0 Å². The van der Waals surface area contributed by atoms with Crippen LogP contribution < -0.4 is 4.31 Å². The lowest BCUT2D eigenvalue weighted by Gasteiger charge is -2.27. The molecule has 0 aliphatic heterocycles. The third-order valence-electron chi connectivity index (χ3n) is 3.24. The first-order valence-corrected chi connectivity index (χ1v) is 8.61. The second-order valence-corrected chi connectivity index (χ2v) is 6.07. The molecule has 1 aromatic carbocycles. The van der Waals surface area contributed by atoms with Crippen LogP contribution >= 0.6 is 11.6 Å². The lowest BCUT2D eigenvalue weighted by atomic mass is 10.2. The monoisotopic (exact) mass is 367 g/mol. The van der Waals surface area contributed by atoms with E-state index in [0.717, 1.165) is 4.31 Å². The van der Waals surface area contributed by atoms with Crippen molar-refractivity contribution in [1.29, 1.82) is 0 Å². The number of aromatic nitrogens is 1. The van der Waals surface area contributed by atoms with Crippen LogP contribution in [0.15, 0.2) is 36.4 Å². The molecule has 0 aliphatic rings. The number of esters is 1. The molecule has 24 heavy (non-hydrogen) atoms. The van der Waals surface area contributed by atoms with Gasteiger partial charge in [-0.3, -0.25) is 13.3 Å². The molecule has 0 saturated heterocycles. The Hall–Kier alpha value is -1.96. The molecule has 1 atom stereocenters. The third kappa shape index (κ3) is 4.31. The normalized spacial score (nSPS) is 11.8. The van der Waals surface area contributed by atoms with Crippen LogP contribution in [0.5, 0.6) is 0 Å². The Morgan fingerprint density at radius 2 is 2.04 bits per heavy atom. The molecular formula is C16H16ClN2O4S-. The predicted octanol–water partition coefficient (Wildman–Crippen LogP) is 3.08. The minimum absolute atomic E-state index is 0.0322. The number of carbonyl (C=O) groups excluding carboxylic acids is 1. The molecule has 8 heteroatoms. The molecule has 0 bridgehead atoms. The van der Waals surface area contributed by atoms with Crippen LogP contribution in [0.1, 0.15) is 18.2 Å². The van der Waals surface area contributed by atoms with E-state index < -0.39 is 17.2 Å². The number of rotatable bonds is 6. The Bertz CT molecular complexity index is 769. The predicted molar refractivity (Wildman–Crippen MR) is 91.8 cm³/mol. The number of pyridine rings is 1. The lowest BCUT2D eigenvalue weighted by molar-refractivity contribution is -0.142. The van der Waals surface area contributed by atoms with Gasteiger partial charge < -0.3 is 9.29 Å². The highest BCUT2D eigenvalue weighted by molar-refractivity contribution is 7.81. The maximum Gasteiger partial charge on any atom is 0.311 e. The molecular weight excluding hydrogens is 352 g/mol. The van der Waals surface area contributed by atoms with Crippen LogP contribution in [-0.4, -0.2) is 26.3 Å². The van der Waals surface area contributed by atoms with Gasteiger partial charge in [-0.25, -0.2) is 4.98 Å². The molecule has 1 aromatic heterocycles. The molecule has 2 aromatic rings. The zero-order valence-electron chi connectivity index (χ0n) is 13.2. The highest BCUT2D eigenvalue weighted by Crippen LogP contribution is 2.32. The van der Waals surface area contributed by atoms with Gasteiger partial charge in [0.25, 0.3) is 0 Å². The van der Waals surface area contributed by atoms with E-state index in [1.165, 1.54) is 0 Å². The standard InChI is InChI=1S/C16H17ClN2O4S/c1-3-23-16(20)10-12-6-4-9-15(18-12)19(24(21)22)14-8-5-7-13(17)11(14)2/h4-9H,3,10H2,1-2H3,(H,21,22)/p-1. The molecule has 0 radical (unpaired) electrons. The van der Waals surface area contributed by atoms with Gasteiger partial charge in [0, 0.05) is 5.02 Å². The van der Waals surface area contributed by atoms with Crippen LogP contribution in [-0.2, 0) is 27.2 Å². The summed E-state index contributed by atoms with van der Waals surface area (Å²) in [5.74, 6) is -0.244. The average Bonchev–Trinajstić information content (AvgIpc) is 2.52. The van der Waals surface area contributed by atoms with Crippen LogP contribution in [0.25, 0.3) is 0 Å². The van der Waals surface area contributed by atoms with Crippen molar-refractivity contribution >= 4 is 40.3 Å². The summed E-state index contributed by atoms with van der Waals surface area (Å²) < 4.78 is 29.4. The topological polar surface area (TPSA) is 82.6 Å². The minimum Gasteiger partial charge on any atom is -0.755 e. The molecule has 2 rings (SSSR count). The van der Waals surface area contributed by atoms with Crippen molar-refractivity contribution in [2.45, 2.75) is 20.3 Å². The molecule has 128 valence electrons. The van der Waals surface area contributed by atoms with Crippen LogP contribution in [0, 0.1) is 6.92 Å². The van der Waals surface area contributed by atoms with Crippen LogP contribution in [0.2, 0.25) is 5.02 Å². The highest BCUT2D eigenvalue weighted by atomic mass is 35.5. The summed E-state index contributed by atoms with van der Waals surface area (Å²) in [5.41, 5.74) is 1.43. The van der Waals surface area contributed by atoms with Gasteiger partial charge >= 0.3 is 5.97 Å². The first-order valence-electron chi connectivity index (χ1n) is 7.20. The summed E-state index contributed by atoms with van der Waals surface area (Å²) in [5, 5.41) is 0.450. The number of ether oxygens (including phenoxy) is 1. The average molecular weight is 368 g/mol. The summed E-state index contributed by atoms with van der Waals surface area (Å²) >= 11 is 3.47. The molecule has 0 fully saturated rings. The number of nitrogens with zero attached hydrogens (tertiary/aromatic N) is 2. The SMILES string of the molecule is CCOC(=O)Cc1cccc(N(c2cccc(Cl)c2C)S(=O)[O-])n1. The number of benzene rings is 1. The van der Waals surface area contributed by atoms with Gasteiger partial charge in [0.05, 0.1) is 35.7 Å². The molecule has 0 saturated carbocycles. The van der Waals surface area contributed by atoms with Crippen molar-refractivity contribution in [2.75, 3.05) is 10.9 Å². The van der Waals surface area contributed by atoms with Gasteiger partial charge in [0.15, 0.2) is 0 Å². The Morgan fingerprint density at radius 1 is 1.33 bits per heavy atom. The van der Waals surface area contributed by atoms with Gasteiger partial charge in [-0.05, 0) is 43.7 Å². The summed E-state index contributed by atoms with van der Waals surface area (Å²) in [6, 6.07) is 9.79. The van der Waals surface area contributed by atoms with E-state index in [0.29, 0.717) is 22.0 Å². The van der Waals surface area contributed by atoms with E-state index in [4.69, 9.17) is 16.3 Å². The zero-order chi connectivity index (χ0) is 17.7. The van der Waals surface area contributed by atoms with Crippen molar-refractivity contribution < 1.29 is 18.3 Å². The lowest BCUT2D eigenvalue weighted by Crippen LogP contribution is -2.22. The highest BCUT2D eigenvalue weighted by Gasteiger charge is 2.16. The van der Waals surface area contributed by atoms with E-state index in [9.17, 15) is 13.6 Å². The quantitative estimate of drug-likeness (QED) is 0.578. The number of hydrogen-bond acceptors (Lipinski definition) is 5.